The van der Waals surface area contributed by atoms with Crippen LogP contribution < -0.4 is 4.72 Å². The van der Waals surface area contributed by atoms with Crippen molar-refractivity contribution in [3.05, 3.63) is 95.7 Å². The predicted octanol–water partition coefficient (Wildman–Crippen LogP) is 4.22. The van der Waals surface area contributed by atoms with E-state index in [1.54, 1.807) is 36.7 Å². The van der Waals surface area contributed by atoms with Crippen molar-refractivity contribution < 1.29 is 12.8 Å². The number of hydrogen-bond donors (Lipinski definition) is 1. The zero-order valence-electron chi connectivity index (χ0n) is 16.6. The molecule has 4 aromatic rings. The van der Waals surface area contributed by atoms with Crippen LogP contribution in [0.2, 0.25) is 5.02 Å². The summed E-state index contributed by atoms with van der Waals surface area (Å²) in [5.74, 6) is 0.588. The molecular weight excluding hydrogens is 470 g/mol. The summed E-state index contributed by atoms with van der Waals surface area (Å²) in [7, 11) is -3.72. The normalized spacial score (nSPS) is 12.9. The number of halogens is 1. The van der Waals surface area contributed by atoms with Crippen molar-refractivity contribution in [1.29, 1.82) is 0 Å². The Hall–Kier alpha value is -2.92. The highest BCUT2D eigenvalue weighted by Crippen LogP contribution is 2.34. The average molecular weight is 488 g/mol. The van der Waals surface area contributed by atoms with Crippen LogP contribution in [0.4, 0.5) is 0 Å². The van der Waals surface area contributed by atoms with Gasteiger partial charge in [0, 0.05) is 11.6 Å². The van der Waals surface area contributed by atoms with Crippen LogP contribution in [0.3, 0.4) is 0 Å². The third-order valence-corrected chi connectivity index (χ3v) is 7.25. The molecule has 11 heteroatoms. The third kappa shape index (κ3) is 5.65. The molecule has 2 heterocycles. The van der Waals surface area contributed by atoms with Crippen LogP contribution in [0.25, 0.3) is 0 Å². The lowest BCUT2D eigenvalue weighted by molar-refractivity contribution is 0.559. The van der Waals surface area contributed by atoms with Crippen molar-refractivity contribution in [3.8, 4) is 0 Å². The zero-order valence-corrected chi connectivity index (χ0v) is 19.0. The molecular formula is C21H18ClN5O3S2. The quantitative estimate of drug-likeness (QED) is 0.280. The standard InChI is InChI=1S/C21H18ClN5O3S2/c22-17-8-10-19(11-9-17)32(28,29)25-14-20(16-5-2-1-3-6-16)31-21-26-23-15-27(21)24-13-18-7-4-12-30-18/h1-13,15,20,25H,14H2/b24-13+. The highest BCUT2D eigenvalue weighted by atomic mass is 35.5. The van der Waals surface area contributed by atoms with Crippen molar-refractivity contribution in [1.82, 2.24) is 19.6 Å². The van der Waals surface area contributed by atoms with E-state index in [9.17, 15) is 8.42 Å². The fourth-order valence-corrected chi connectivity index (χ4v) is 5.05. The highest BCUT2D eigenvalue weighted by Gasteiger charge is 2.21. The van der Waals surface area contributed by atoms with Gasteiger partial charge in [-0.2, -0.15) is 9.78 Å². The minimum atomic E-state index is -3.72. The fourth-order valence-electron chi connectivity index (χ4n) is 2.76. The Morgan fingerprint density at radius 1 is 1.12 bits per heavy atom. The number of benzene rings is 2. The van der Waals surface area contributed by atoms with Crippen LogP contribution >= 0.6 is 23.4 Å². The molecule has 2 aromatic carbocycles. The molecule has 0 fully saturated rings. The Balaban J connectivity index is 1.54. The van der Waals surface area contributed by atoms with E-state index in [-0.39, 0.29) is 16.7 Å². The first-order chi connectivity index (χ1) is 15.5. The van der Waals surface area contributed by atoms with Crippen LogP contribution in [0.15, 0.2) is 98.9 Å². The summed E-state index contributed by atoms with van der Waals surface area (Å²) in [4.78, 5) is 0.143. The molecule has 0 saturated carbocycles. The number of hydrogen-bond acceptors (Lipinski definition) is 7. The fraction of sp³-hybridized carbons (Fsp3) is 0.0952. The third-order valence-electron chi connectivity index (χ3n) is 4.35. The summed E-state index contributed by atoms with van der Waals surface area (Å²) < 4.78 is 34.9. The number of nitrogens with one attached hydrogen (secondary N) is 1. The maximum absolute atomic E-state index is 12.8. The second kappa shape index (κ2) is 10.1. The highest BCUT2D eigenvalue weighted by molar-refractivity contribution is 7.99. The summed E-state index contributed by atoms with van der Waals surface area (Å²) in [5.41, 5.74) is 0.931. The van der Waals surface area contributed by atoms with Crippen molar-refractivity contribution in [2.75, 3.05) is 6.54 Å². The number of sulfonamides is 1. The van der Waals surface area contributed by atoms with E-state index in [1.165, 1.54) is 34.9 Å². The molecule has 4 rings (SSSR count). The summed E-state index contributed by atoms with van der Waals surface area (Å²) in [6.07, 6.45) is 4.58. The lowest BCUT2D eigenvalue weighted by Gasteiger charge is -2.17. The van der Waals surface area contributed by atoms with E-state index in [1.807, 2.05) is 30.3 Å². The molecule has 8 nitrogen and oxygen atoms in total. The van der Waals surface area contributed by atoms with Crippen LogP contribution in [0.5, 0.6) is 0 Å². The second-order valence-corrected chi connectivity index (χ2v) is 9.91. The molecule has 0 amide bonds. The van der Waals surface area contributed by atoms with Crippen molar-refractivity contribution in [2.45, 2.75) is 15.3 Å². The van der Waals surface area contributed by atoms with E-state index < -0.39 is 10.0 Å². The first-order valence-corrected chi connectivity index (χ1v) is 12.2. The molecule has 0 aliphatic carbocycles. The maximum atomic E-state index is 12.8. The molecule has 1 N–H and O–H groups in total. The van der Waals surface area contributed by atoms with Crippen LogP contribution in [0, 0.1) is 0 Å². The van der Waals surface area contributed by atoms with Gasteiger partial charge in [-0.1, -0.05) is 53.7 Å². The van der Waals surface area contributed by atoms with Gasteiger partial charge in [0.1, 0.15) is 12.1 Å². The molecule has 164 valence electrons. The molecule has 1 unspecified atom stereocenters. The van der Waals surface area contributed by atoms with Gasteiger partial charge in [0.25, 0.3) is 0 Å². The summed E-state index contributed by atoms with van der Waals surface area (Å²) in [5, 5.41) is 13.1. The van der Waals surface area contributed by atoms with Crippen molar-refractivity contribution >= 4 is 39.6 Å². The summed E-state index contributed by atoms with van der Waals surface area (Å²) >= 11 is 7.22. The molecule has 0 bridgehead atoms. The topological polar surface area (TPSA) is 102 Å². The van der Waals surface area contributed by atoms with Crippen LogP contribution in [-0.2, 0) is 10.0 Å². The first-order valence-electron chi connectivity index (χ1n) is 9.46. The average Bonchev–Trinajstić information content (AvgIpc) is 3.48. The number of aromatic nitrogens is 3. The second-order valence-electron chi connectivity index (χ2n) is 6.54. The van der Waals surface area contributed by atoms with Gasteiger partial charge in [-0.25, -0.2) is 13.1 Å². The lowest BCUT2D eigenvalue weighted by atomic mass is 10.1. The molecule has 0 radical (unpaired) electrons. The van der Waals surface area contributed by atoms with Gasteiger partial charge in [-0.05, 0) is 42.0 Å². The van der Waals surface area contributed by atoms with Gasteiger partial charge in [-0.15, -0.1) is 10.2 Å². The van der Waals surface area contributed by atoms with E-state index >= 15 is 0 Å². The van der Waals surface area contributed by atoms with Gasteiger partial charge in [0.15, 0.2) is 0 Å². The number of furan rings is 1. The monoisotopic (exact) mass is 487 g/mol. The van der Waals surface area contributed by atoms with E-state index in [2.05, 4.69) is 20.0 Å². The molecule has 2 aromatic heterocycles. The minimum absolute atomic E-state index is 0.133. The summed E-state index contributed by atoms with van der Waals surface area (Å²) in [6.45, 7) is 0.133. The van der Waals surface area contributed by atoms with Gasteiger partial charge < -0.3 is 4.42 Å². The molecule has 0 aliphatic heterocycles. The van der Waals surface area contributed by atoms with Crippen LogP contribution in [-0.4, -0.2) is 36.1 Å². The smallest absolute Gasteiger partial charge is 0.240 e. The number of nitrogens with zero attached hydrogens (tertiary/aromatic N) is 4. The maximum Gasteiger partial charge on any atom is 0.240 e. The van der Waals surface area contributed by atoms with Gasteiger partial charge >= 0.3 is 0 Å². The van der Waals surface area contributed by atoms with E-state index in [0.29, 0.717) is 15.9 Å². The Bertz CT molecular complexity index is 1270. The Morgan fingerprint density at radius 2 is 1.91 bits per heavy atom. The van der Waals surface area contributed by atoms with Crippen molar-refractivity contribution in [3.63, 3.8) is 0 Å². The molecule has 1 atom stereocenters. The van der Waals surface area contributed by atoms with Gasteiger partial charge in [-0.3, -0.25) is 0 Å². The Labute approximate surface area is 194 Å². The van der Waals surface area contributed by atoms with E-state index in [4.69, 9.17) is 16.0 Å². The first kappa shape index (κ1) is 22.3. The number of thioether (sulfide) groups is 1. The zero-order chi connectivity index (χ0) is 22.4. The predicted molar refractivity (Wildman–Crippen MR) is 123 cm³/mol. The Morgan fingerprint density at radius 3 is 2.62 bits per heavy atom. The number of rotatable bonds is 9. The Kier molecular flexibility index (Phi) is 7.05. The van der Waals surface area contributed by atoms with Crippen LogP contribution in [0.1, 0.15) is 16.6 Å². The minimum Gasteiger partial charge on any atom is -0.463 e. The molecule has 32 heavy (non-hydrogen) atoms. The molecule has 0 saturated heterocycles. The van der Waals surface area contributed by atoms with Gasteiger partial charge in [0.2, 0.25) is 15.2 Å². The largest absolute Gasteiger partial charge is 0.463 e. The summed E-state index contributed by atoms with van der Waals surface area (Å²) in [6, 6.07) is 19.1. The SMILES string of the molecule is O=S(=O)(NCC(Sc1nncn1/N=C/c1ccco1)c1ccccc1)c1ccc(Cl)cc1. The van der Waals surface area contributed by atoms with Gasteiger partial charge in [0.05, 0.1) is 22.6 Å². The molecule has 0 spiro atoms. The molecule has 0 aliphatic rings. The van der Waals surface area contributed by atoms with E-state index in [0.717, 1.165) is 5.56 Å². The lowest BCUT2D eigenvalue weighted by Crippen LogP contribution is -2.27. The van der Waals surface area contributed by atoms with Crippen molar-refractivity contribution in [2.24, 2.45) is 5.10 Å².